The van der Waals surface area contributed by atoms with Crippen LogP contribution in [-0.4, -0.2) is 21.4 Å². The molecule has 2 rings (SSSR count). The molecule has 2 N–H and O–H groups in total. The molecule has 2 aromatic rings. The fraction of sp³-hybridized carbons (Fsp3) is 0.188. The molecule has 0 aromatic heterocycles. The zero-order chi connectivity index (χ0) is 16.9. The van der Waals surface area contributed by atoms with Crippen LogP contribution in [0.4, 0.5) is 5.69 Å². The Hall–Kier alpha value is -2.05. The number of nitrogens with one attached hydrogen (secondary N) is 2. The molecule has 0 atom stereocenters. The zero-order valence-electron chi connectivity index (χ0n) is 12.5. The van der Waals surface area contributed by atoms with Gasteiger partial charge in [0.05, 0.1) is 12.2 Å². The Bertz CT molecular complexity index is 789. The van der Waals surface area contributed by atoms with Gasteiger partial charge in [-0.15, -0.1) is 0 Å². The smallest absolute Gasteiger partial charge is 0.236 e. The lowest BCUT2D eigenvalue weighted by Gasteiger charge is -2.10. The number of hydrogen-bond acceptors (Lipinski definition) is 3. The summed E-state index contributed by atoms with van der Waals surface area (Å²) < 4.78 is 26.9. The fourth-order valence-electron chi connectivity index (χ4n) is 2.00. The van der Waals surface area contributed by atoms with Crippen molar-refractivity contribution in [1.29, 1.82) is 0 Å². The van der Waals surface area contributed by atoms with Gasteiger partial charge in [-0.2, -0.15) is 0 Å². The number of carbonyl (C=O) groups is 1. The summed E-state index contributed by atoms with van der Waals surface area (Å²) in [4.78, 5) is 11.3. The van der Waals surface area contributed by atoms with Gasteiger partial charge in [0, 0.05) is 17.8 Å². The van der Waals surface area contributed by atoms with Gasteiger partial charge < -0.3 is 5.32 Å². The first-order valence-corrected chi connectivity index (χ1v) is 8.96. The Labute approximate surface area is 140 Å². The van der Waals surface area contributed by atoms with E-state index in [1.807, 2.05) is 0 Å². The fourth-order valence-corrected chi connectivity index (χ4v) is 3.51. The lowest BCUT2D eigenvalue weighted by molar-refractivity contribution is -0.119. The Balaban J connectivity index is 2.06. The third kappa shape index (κ3) is 5.26. The molecule has 0 aliphatic rings. The van der Waals surface area contributed by atoms with Crippen LogP contribution in [-0.2, 0) is 27.0 Å². The predicted octanol–water partition coefficient (Wildman–Crippen LogP) is 2.57. The van der Waals surface area contributed by atoms with Crippen molar-refractivity contribution in [2.24, 2.45) is 0 Å². The summed E-state index contributed by atoms with van der Waals surface area (Å²) in [5, 5.41) is 2.95. The summed E-state index contributed by atoms with van der Waals surface area (Å²) >= 11 is 5.99. The number of rotatable bonds is 6. The molecule has 0 aliphatic heterocycles. The quantitative estimate of drug-likeness (QED) is 0.839. The van der Waals surface area contributed by atoms with Crippen LogP contribution in [0.3, 0.4) is 0 Å². The second-order valence-electron chi connectivity index (χ2n) is 5.00. The van der Waals surface area contributed by atoms with Gasteiger partial charge in [0.1, 0.15) is 0 Å². The summed E-state index contributed by atoms with van der Waals surface area (Å²) in [7, 11) is -2.00. The largest absolute Gasteiger partial charge is 0.359 e. The van der Waals surface area contributed by atoms with Crippen LogP contribution in [0.1, 0.15) is 11.1 Å². The summed E-state index contributed by atoms with van der Waals surface area (Å²) in [5.74, 6) is -0.302. The highest BCUT2D eigenvalue weighted by Crippen LogP contribution is 2.19. The van der Waals surface area contributed by atoms with Gasteiger partial charge in [-0.3, -0.25) is 9.52 Å². The number of likely N-dealkylation sites (N-methyl/N-ethyl adjacent to an activating group) is 1. The van der Waals surface area contributed by atoms with Crippen molar-refractivity contribution >= 4 is 33.2 Å². The second-order valence-corrected chi connectivity index (χ2v) is 7.13. The number of benzene rings is 2. The number of sulfonamides is 1. The molecule has 2 aromatic carbocycles. The molecule has 122 valence electrons. The summed E-state index contributed by atoms with van der Waals surface area (Å²) in [6.45, 7) is 0. The Morgan fingerprint density at radius 1 is 1.09 bits per heavy atom. The molecular weight excluding hydrogens is 336 g/mol. The van der Waals surface area contributed by atoms with Gasteiger partial charge >= 0.3 is 0 Å². The minimum Gasteiger partial charge on any atom is -0.359 e. The van der Waals surface area contributed by atoms with E-state index in [0.29, 0.717) is 16.3 Å². The van der Waals surface area contributed by atoms with Crippen LogP contribution in [0.5, 0.6) is 0 Å². The van der Waals surface area contributed by atoms with E-state index in [-0.39, 0.29) is 18.1 Å². The van der Waals surface area contributed by atoms with Gasteiger partial charge in [-0.25, -0.2) is 8.42 Å². The van der Waals surface area contributed by atoms with Crippen LogP contribution in [0.15, 0.2) is 48.5 Å². The molecular formula is C16H17ClN2O3S. The number of anilines is 1. The first-order chi connectivity index (χ1) is 10.9. The lowest BCUT2D eigenvalue weighted by Crippen LogP contribution is -2.20. The van der Waals surface area contributed by atoms with Crippen LogP contribution in [0, 0.1) is 0 Å². The minimum absolute atomic E-state index is 0.1000. The average molecular weight is 353 g/mol. The first kappa shape index (κ1) is 17.3. The van der Waals surface area contributed by atoms with Crippen molar-refractivity contribution in [3.8, 4) is 0 Å². The molecule has 0 radical (unpaired) electrons. The maximum Gasteiger partial charge on any atom is 0.236 e. The van der Waals surface area contributed by atoms with Crippen molar-refractivity contribution in [3.05, 3.63) is 64.7 Å². The predicted molar refractivity (Wildman–Crippen MR) is 91.9 cm³/mol. The second kappa shape index (κ2) is 7.48. The number of hydrogen-bond donors (Lipinski definition) is 2. The molecule has 7 heteroatoms. The topological polar surface area (TPSA) is 75.3 Å². The molecule has 0 saturated carbocycles. The standard InChI is InChI=1S/C16H17ClN2O3S/c1-18-16(20)10-12-6-8-14(9-7-12)19-23(21,22)11-13-4-2-3-5-15(13)17/h2-9,19H,10-11H2,1H3,(H,18,20). The van der Waals surface area contributed by atoms with Gasteiger partial charge in [0.25, 0.3) is 0 Å². The molecule has 0 bridgehead atoms. The van der Waals surface area contributed by atoms with Gasteiger partial charge in [0.2, 0.25) is 15.9 Å². The van der Waals surface area contributed by atoms with E-state index in [1.54, 1.807) is 55.6 Å². The van der Waals surface area contributed by atoms with Crippen molar-refractivity contribution in [3.63, 3.8) is 0 Å². The van der Waals surface area contributed by atoms with Crippen molar-refractivity contribution in [2.75, 3.05) is 11.8 Å². The van der Waals surface area contributed by atoms with Crippen LogP contribution < -0.4 is 10.0 Å². The van der Waals surface area contributed by atoms with E-state index in [9.17, 15) is 13.2 Å². The summed E-state index contributed by atoms with van der Waals surface area (Å²) in [5.41, 5.74) is 1.79. The van der Waals surface area contributed by atoms with Crippen molar-refractivity contribution < 1.29 is 13.2 Å². The molecule has 0 heterocycles. The molecule has 0 spiro atoms. The van der Waals surface area contributed by atoms with E-state index in [4.69, 9.17) is 11.6 Å². The molecule has 1 amide bonds. The molecule has 5 nitrogen and oxygen atoms in total. The van der Waals surface area contributed by atoms with Crippen molar-refractivity contribution in [1.82, 2.24) is 5.32 Å². The normalized spacial score (nSPS) is 11.0. The van der Waals surface area contributed by atoms with Crippen LogP contribution >= 0.6 is 11.6 Å². The van der Waals surface area contributed by atoms with Gasteiger partial charge in [-0.05, 0) is 29.3 Å². The Morgan fingerprint density at radius 3 is 2.35 bits per heavy atom. The number of halogens is 1. The Kier molecular flexibility index (Phi) is 5.63. The highest BCUT2D eigenvalue weighted by atomic mass is 35.5. The third-order valence-electron chi connectivity index (χ3n) is 3.17. The minimum atomic E-state index is -3.56. The maximum atomic E-state index is 12.2. The maximum absolute atomic E-state index is 12.2. The molecule has 0 saturated heterocycles. The van der Waals surface area contributed by atoms with E-state index in [2.05, 4.69) is 10.0 Å². The third-order valence-corrected chi connectivity index (χ3v) is 4.78. The van der Waals surface area contributed by atoms with Crippen LogP contribution in [0.2, 0.25) is 5.02 Å². The zero-order valence-corrected chi connectivity index (χ0v) is 14.1. The monoisotopic (exact) mass is 352 g/mol. The summed E-state index contributed by atoms with van der Waals surface area (Å²) in [6.07, 6.45) is 0.253. The average Bonchev–Trinajstić information content (AvgIpc) is 2.51. The first-order valence-electron chi connectivity index (χ1n) is 6.93. The lowest BCUT2D eigenvalue weighted by atomic mass is 10.1. The van der Waals surface area contributed by atoms with Gasteiger partial charge in [0.15, 0.2) is 0 Å². The molecule has 0 unspecified atom stereocenters. The van der Waals surface area contributed by atoms with E-state index in [0.717, 1.165) is 5.56 Å². The number of carbonyl (C=O) groups excluding carboxylic acids is 1. The van der Waals surface area contributed by atoms with Crippen molar-refractivity contribution in [2.45, 2.75) is 12.2 Å². The molecule has 0 aliphatic carbocycles. The molecule has 0 fully saturated rings. The Morgan fingerprint density at radius 2 is 1.74 bits per heavy atom. The highest BCUT2D eigenvalue weighted by molar-refractivity contribution is 7.91. The molecule has 23 heavy (non-hydrogen) atoms. The van der Waals surface area contributed by atoms with Gasteiger partial charge in [-0.1, -0.05) is 41.9 Å². The SMILES string of the molecule is CNC(=O)Cc1ccc(NS(=O)(=O)Cc2ccccc2Cl)cc1. The van der Waals surface area contributed by atoms with E-state index >= 15 is 0 Å². The summed E-state index contributed by atoms with van der Waals surface area (Å²) in [6, 6.07) is 13.5. The van der Waals surface area contributed by atoms with E-state index in [1.165, 1.54) is 0 Å². The van der Waals surface area contributed by atoms with Crippen LogP contribution in [0.25, 0.3) is 0 Å². The number of amides is 1. The highest BCUT2D eigenvalue weighted by Gasteiger charge is 2.14. The van der Waals surface area contributed by atoms with E-state index < -0.39 is 10.0 Å².